The summed E-state index contributed by atoms with van der Waals surface area (Å²) in [5.41, 5.74) is 18.6. The maximum absolute atomic E-state index is 2.53. The molecule has 0 heteroatoms. The number of benzene rings is 10. The molecule has 10 aromatic carbocycles. The molecule has 274 valence electrons. The second kappa shape index (κ2) is 11.9. The van der Waals surface area contributed by atoms with Crippen LogP contribution in [0.25, 0.3) is 98.7 Å². The van der Waals surface area contributed by atoms with E-state index in [2.05, 4.69) is 210 Å². The molecule has 0 aliphatic heterocycles. The second-order valence-corrected chi connectivity index (χ2v) is 17.6. The summed E-state index contributed by atoms with van der Waals surface area (Å²) < 4.78 is 0. The van der Waals surface area contributed by atoms with Gasteiger partial charge in [-0.15, -0.1) is 0 Å². The summed E-state index contributed by atoms with van der Waals surface area (Å²) in [5.74, 6) is 0. The van der Waals surface area contributed by atoms with E-state index in [0.717, 1.165) is 0 Å². The van der Waals surface area contributed by atoms with Crippen molar-refractivity contribution in [2.75, 3.05) is 0 Å². The van der Waals surface area contributed by atoms with E-state index in [-0.39, 0.29) is 10.8 Å². The van der Waals surface area contributed by atoms with Crippen molar-refractivity contribution >= 4 is 43.1 Å². The van der Waals surface area contributed by atoms with Gasteiger partial charge in [0.05, 0.1) is 0 Å². The topological polar surface area (TPSA) is 0 Å². The molecular weight excluding hydrogens is 697 g/mol. The lowest BCUT2D eigenvalue weighted by molar-refractivity contribution is 0.659. The summed E-state index contributed by atoms with van der Waals surface area (Å²) in [7, 11) is 0. The average Bonchev–Trinajstić information content (AvgIpc) is 3.63. The molecule has 0 spiro atoms. The van der Waals surface area contributed by atoms with Crippen molar-refractivity contribution in [1.82, 2.24) is 0 Å². The summed E-state index contributed by atoms with van der Waals surface area (Å²) in [6.07, 6.45) is 0. The Labute approximate surface area is 340 Å². The molecular formula is C58H42. The molecule has 0 nitrogen and oxygen atoms in total. The van der Waals surface area contributed by atoms with Crippen molar-refractivity contribution in [2.24, 2.45) is 0 Å². The van der Waals surface area contributed by atoms with Gasteiger partial charge in [-0.1, -0.05) is 191 Å². The molecule has 0 saturated carbocycles. The van der Waals surface area contributed by atoms with E-state index in [4.69, 9.17) is 0 Å². The van der Waals surface area contributed by atoms with Crippen molar-refractivity contribution < 1.29 is 0 Å². The Kier molecular flexibility index (Phi) is 6.84. The van der Waals surface area contributed by atoms with Gasteiger partial charge < -0.3 is 0 Å². The van der Waals surface area contributed by atoms with Crippen LogP contribution in [-0.2, 0) is 10.8 Å². The van der Waals surface area contributed by atoms with Gasteiger partial charge in [0, 0.05) is 10.8 Å². The zero-order valence-electron chi connectivity index (χ0n) is 33.3. The molecule has 0 radical (unpaired) electrons. The Hall–Kier alpha value is -6.76. The van der Waals surface area contributed by atoms with Gasteiger partial charge in [0.2, 0.25) is 0 Å². The van der Waals surface area contributed by atoms with Gasteiger partial charge in [-0.05, 0) is 139 Å². The molecule has 2 aliphatic carbocycles. The van der Waals surface area contributed by atoms with Crippen LogP contribution in [0, 0.1) is 0 Å². The molecule has 0 atom stereocenters. The van der Waals surface area contributed by atoms with Crippen LogP contribution >= 0.6 is 0 Å². The van der Waals surface area contributed by atoms with E-state index in [1.807, 2.05) is 0 Å². The Balaban J connectivity index is 1.05. The highest BCUT2D eigenvalue weighted by Gasteiger charge is 2.40. The molecule has 0 fully saturated rings. The molecule has 0 amide bonds. The van der Waals surface area contributed by atoms with Crippen LogP contribution in [-0.4, -0.2) is 0 Å². The average molecular weight is 739 g/mol. The van der Waals surface area contributed by atoms with Gasteiger partial charge in [0.15, 0.2) is 0 Å². The van der Waals surface area contributed by atoms with Crippen LogP contribution in [0.15, 0.2) is 182 Å². The monoisotopic (exact) mass is 738 g/mol. The van der Waals surface area contributed by atoms with Crippen LogP contribution in [0.2, 0.25) is 0 Å². The minimum absolute atomic E-state index is 0.119. The fourth-order valence-electron chi connectivity index (χ4n) is 11.1. The van der Waals surface area contributed by atoms with Crippen molar-refractivity contribution in [3.05, 3.63) is 204 Å². The Morgan fingerprint density at radius 1 is 0.276 bits per heavy atom. The number of hydrogen-bond donors (Lipinski definition) is 0. The van der Waals surface area contributed by atoms with E-state index >= 15 is 0 Å². The van der Waals surface area contributed by atoms with Gasteiger partial charge >= 0.3 is 0 Å². The predicted octanol–water partition coefficient (Wildman–Crippen LogP) is 15.9. The predicted molar refractivity (Wildman–Crippen MR) is 248 cm³/mol. The molecule has 10 aromatic rings. The SMILES string of the molecule is CC1(C)c2cc(-c3c4c(cc5ccccc35)-c3ccccc3C4(C)C)ccc2-c2ccc(-c3c4ccccc4c(-c4cccc5ccccc45)c4ccccc34)cc21. The molecule has 0 unspecified atom stereocenters. The highest BCUT2D eigenvalue weighted by Crippen LogP contribution is 2.57. The zero-order chi connectivity index (χ0) is 38.9. The summed E-state index contributed by atoms with van der Waals surface area (Å²) in [5, 5.41) is 10.3. The quantitative estimate of drug-likeness (QED) is 0.158. The van der Waals surface area contributed by atoms with Crippen molar-refractivity contribution in [2.45, 2.75) is 38.5 Å². The third kappa shape index (κ3) is 4.46. The smallest absolute Gasteiger partial charge is 0.0165 e. The number of fused-ring (bicyclic) bond motifs is 10. The summed E-state index contributed by atoms with van der Waals surface area (Å²) in [6.45, 7) is 9.68. The molecule has 0 heterocycles. The molecule has 0 bridgehead atoms. The van der Waals surface area contributed by atoms with Gasteiger partial charge in [0.25, 0.3) is 0 Å². The number of rotatable bonds is 3. The van der Waals surface area contributed by atoms with Crippen molar-refractivity contribution in [1.29, 1.82) is 0 Å². The minimum atomic E-state index is -0.197. The van der Waals surface area contributed by atoms with E-state index < -0.39 is 0 Å². The third-order valence-electron chi connectivity index (χ3n) is 13.8. The number of hydrogen-bond acceptors (Lipinski definition) is 0. The minimum Gasteiger partial charge on any atom is -0.0619 e. The molecule has 58 heavy (non-hydrogen) atoms. The van der Waals surface area contributed by atoms with E-state index in [0.29, 0.717) is 0 Å². The van der Waals surface area contributed by atoms with E-state index in [1.165, 1.54) is 121 Å². The first kappa shape index (κ1) is 33.4. The second-order valence-electron chi connectivity index (χ2n) is 17.6. The molecule has 0 aromatic heterocycles. The molecule has 0 N–H and O–H groups in total. The van der Waals surface area contributed by atoms with E-state index in [9.17, 15) is 0 Å². The highest BCUT2D eigenvalue weighted by molar-refractivity contribution is 6.23. The zero-order valence-corrected chi connectivity index (χ0v) is 33.3. The Bertz CT molecular complexity index is 3330. The highest BCUT2D eigenvalue weighted by atomic mass is 14.4. The van der Waals surface area contributed by atoms with Gasteiger partial charge in [-0.3, -0.25) is 0 Å². The van der Waals surface area contributed by atoms with Crippen LogP contribution in [0.3, 0.4) is 0 Å². The first-order chi connectivity index (χ1) is 28.3. The maximum Gasteiger partial charge on any atom is 0.0165 e. The van der Waals surface area contributed by atoms with Crippen LogP contribution in [0.4, 0.5) is 0 Å². The van der Waals surface area contributed by atoms with Gasteiger partial charge in [-0.2, -0.15) is 0 Å². The summed E-state index contributed by atoms with van der Waals surface area (Å²) in [4.78, 5) is 0. The summed E-state index contributed by atoms with van der Waals surface area (Å²) >= 11 is 0. The van der Waals surface area contributed by atoms with Gasteiger partial charge in [0.1, 0.15) is 0 Å². The fourth-order valence-corrected chi connectivity index (χ4v) is 11.1. The molecule has 12 rings (SSSR count). The van der Waals surface area contributed by atoms with Gasteiger partial charge in [-0.25, -0.2) is 0 Å². The van der Waals surface area contributed by atoms with Crippen LogP contribution in [0.5, 0.6) is 0 Å². The lowest BCUT2D eigenvalue weighted by atomic mass is 9.76. The fraction of sp³-hybridized carbons (Fsp3) is 0.103. The van der Waals surface area contributed by atoms with E-state index in [1.54, 1.807) is 0 Å². The molecule has 0 saturated heterocycles. The molecule has 2 aliphatic rings. The largest absolute Gasteiger partial charge is 0.0619 e. The standard InChI is InChI=1S/C58H42/c1-57(2)51-33-37(53-45-22-9-11-24-47(45)55(48-25-12-10-23-46(48)53)44-26-15-18-35-16-5-7-19-39(35)44)28-30-42(51)43-31-29-38(34-52(43)57)54-40-20-8-6-17-36(40)32-49-41-21-13-14-27-50(41)58(3,4)56(49)54/h5-34H,1-4H3. The summed E-state index contributed by atoms with van der Waals surface area (Å²) in [6, 6.07) is 68.6. The van der Waals surface area contributed by atoms with Crippen molar-refractivity contribution in [3.8, 4) is 55.6 Å². The Morgan fingerprint density at radius 2 is 0.741 bits per heavy atom. The lowest BCUT2D eigenvalue weighted by Gasteiger charge is -2.27. The normalized spacial score (nSPS) is 14.5. The Morgan fingerprint density at radius 3 is 1.40 bits per heavy atom. The van der Waals surface area contributed by atoms with Crippen molar-refractivity contribution in [3.63, 3.8) is 0 Å². The first-order valence-electron chi connectivity index (χ1n) is 20.7. The third-order valence-corrected chi connectivity index (χ3v) is 13.8. The van der Waals surface area contributed by atoms with Crippen LogP contribution < -0.4 is 0 Å². The first-order valence-corrected chi connectivity index (χ1v) is 20.7. The lowest BCUT2D eigenvalue weighted by Crippen LogP contribution is -2.17. The van der Waals surface area contributed by atoms with Crippen LogP contribution in [0.1, 0.15) is 49.9 Å². The maximum atomic E-state index is 2.53.